The predicted octanol–water partition coefficient (Wildman–Crippen LogP) is 3.91. The molecule has 0 aliphatic carbocycles. The van der Waals surface area contributed by atoms with E-state index in [1.54, 1.807) is 0 Å². The van der Waals surface area contributed by atoms with Crippen LogP contribution in [0.15, 0.2) is 30.3 Å². The lowest BCUT2D eigenvalue weighted by Crippen LogP contribution is -2.13. The Bertz CT molecular complexity index is 578. The largest absolute Gasteiger partial charge is 0.352 e. The van der Waals surface area contributed by atoms with Gasteiger partial charge in [0.2, 0.25) is 5.95 Å². The fourth-order valence-corrected chi connectivity index (χ4v) is 2.04. The quantitative estimate of drug-likeness (QED) is 0.864. The summed E-state index contributed by atoms with van der Waals surface area (Å²) in [6.07, 6.45) is 0.990. The molecule has 0 aliphatic rings. The molecular formula is C16H22N4. The molecule has 0 fully saturated rings. The highest BCUT2D eigenvalue weighted by Gasteiger charge is 2.05. The monoisotopic (exact) mass is 270 g/mol. The van der Waals surface area contributed by atoms with Gasteiger partial charge in [0.1, 0.15) is 5.82 Å². The zero-order chi connectivity index (χ0) is 14.5. The van der Waals surface area contributed by atoms with Crippen LogP contribution in [0.25, 0.3) is 0 Å². The molecule has 0 radical (unpaired) electrons. The number of hydrogen-bond donors (Lipinski definition) is 2. The van der Waals surface area contributed by atoms with Gasteiger partial charge in [-0.2, -0.15) is 4.98 Å². The fraction of sp³-hybridized carbons (Fsp3) is 0.375. The van der Waals surface area contributed by atoms with Crippen molar-refractivity contribution in [1.29, 1.82) is 0 Å². The van der Waals surface area contributed by atoms with Crippen molar-refractivity contribution < 1.29 is 0 Å². The number of nitrogens with one attached hydrogen (secondary N) is 2. The third-order valence-electron chi connectivity index (χ3n) is 2.93. The molecule has 2 aromatic rings. The second kappa shape index (κ2) is 6.37. The highest BCUT2D eigenvalue weighted by atomic mass is 15.1. The lowest BCUT2D eigenvalue weighted by Gasteiger charge is -2.13. The maximum Gasteiger partial charge on any atom is 0.225 e. The molecule has 0 unspecified atom stereocenters. The smallest absolute Gasteiger partial charge is 0.225 e. The summed E-state index contributed by atoms with van der Waals surface area (Å²) < 4.78 is 0. The molecule has 2 N–H and O–H groups in total. The summed E-state index contributed by atoms with van der Waals surface area (Å²) >= 11 is 0. The highest BCUT2D eigenvalue weighted by Crippen LogP contribution is 2.21. The average molecular weight is 270 g/mol. The van der Waals surface area contributed by atoms with Crippen molar-refractivity contribution in [3.05, 3.63) is 41.6 Å². The van der Waals surface area contributed by atoms with Crippen molar-refractivity contribution in [2.24, 2.45) is 0 Å². The Morgan fingerprint density at radius 1 is 1.15 bits per heavy atom. The lowest BCUT2D eigenvalue weighted by molar-refractivity contribution is 0.871. The minimum atomic E-state index is 0.313. The Morgan fingerprint density at radius 3 is 2.60 bits per heavy atom. The second-order valence-corrected chi connectivity index (χ2v) is 5.15. The minimum Gasteiger partial charge on any atom is -0.352 e. The third kappa shape index (κ3) is 3.70. The molecule has 0 saturated carbocycles. The first-order valence-electron chi connectivity index (χ1n) is 7.05. The van der Waals surface area contributed by atoms with Crippen molar-refractivity contribution >= 4 is 17.5 Å². The molecule has 4 nitrogen and oxygen atoms in total. The van der Waals surface area contributed by atoms with E-state index in [1.165, 1.54) is 5.56 Å². The first-order valence-corrected chi connectivity index (χ1v) is 7.05. The van der Waals surface area contributed by atoms with Gasteiger partial charge in [0.05, 0.1) is 0 Å². The molecule has 1 aromatic heterocycles. The van der Waals surface area contributed by atoms with Crippen molar-refractivity contribution in [3.8, 4) is 0 Å². The normalized spacial score (nSPS) is 10.7. The maximum atomic E-state index is 4.51. The Labute approximate surface area is 120 Å². The lowest BCUT2D eigenvalue weighted by atomic mass is 10.1. The standard InChI is InChI=1S/C16H22N4/c1-5-13-8-6-7-9-14(13)19-15-10-12(4)18-16(20-15)17-11(2)3/h6-11H,5H2,1-4H3,(H2,17,18,19,20). The molecule has 0 aliphatic heterocycles. The van der Waals surface area contributed by atoms with Gasteiger partial charge >= 0.3 is 0 Å². The van der Waals surface area contributed by atoms with Crippen molar-refractivity contribution in [2.75, 3.05) is 10.6 Å². The number of rotatable bonds is 5. The molecule has 0 atom stereocenters. The van der Waals surface area contributed by atoms with Crippen LogP contribution in [0.2, 0.25) is 0 Å². The van der Waals surface area contributed by atoms with E-state index in [4.69, 9.17) is 0 Å². The van der Waals surface area contributed by atoms with Crippen LogP contribution < -0.4 is 10.6 Å². The van der Waals surface area contributed by atoms with Crippen LogP contribution in [0.4, 0.5) is 17.5 Å². The first kappa shape index (κ1) is 14.3. The zero-order valence-corrected chi connectivity index (χ0v) is 12.6. The molecule has 4 heteroatoms. The highest BCUT2D eigenvalue weighted by molar-refractivity contribution is 5.61. The second-order valence-electron chi connectivity index (χ2n) is 5.15. The van der Waals surface area contributed by atoms with E-state index in [0.29, 0.717) is 12.0 Å². The number of nitrogens with zero attached hydrogens (tertiary/aromatic N) is 2. The van der Waals surface area contributed by atoms with Gasteiger partial charge in [-0.1, -0.05) is 25.1 Å². The average Bonchev–Trinajstić information content (AvgIpc) is 2.37. The topological polar surface area (TPSA) is 49.8 Å². The van der Waals surface area contributed by atoms with Crippen molar-refractivity contribution in [3.63, 3.8) is 0 Å². The van der Waals surface area contributed by atoms with Gasteiger partial charge in [-0.25, -0.2) is 4.98 Å². The Balaban J connectivity index is 2.26. The van der Waals surface area contributed by atoms with E-state index in [2.05, 4.69) is 59.6 Å². The van der Waals surface area contributed by atoms with Crippen LogP contribution in [0.5, 0.6) is 0 Å². The summed E-state index contributed by atoms with van der Waals surface area (Å²) in [7, 11) is 0. The van der Waals surface area contributed by atoms with E-state index >= 15 is 0 Å². The van der Waals surface area contributed by atoms with E-state index in [-0.39, 0.29) is 0 Å². The summed E-state index contributed by atoms with van der Waals surface area (Å²) in [6, 6.07) is 10.6. The number of benzene rings is 1. The van der Waals surface area contributed by atoms with E-state index in [9.17, 15) is 0 Å². The predicted molar refractivity (Wildman–Crippen MR) is 84.6 cm³/mol. The van der Waals surface area contributed by atoms with Gasteiger partial charge in [0.25, 0.3) is 0 Å². The maximum absolute atomic E-state index is 4.51. The number of aromatic nitrogens is 2. The summed E-state index contributed by atoms with van der Waals surface area (Å²) in [5.74, 6) is 1.48. The van der Waals surface area contributed by atoms with Gasteiger partial charge < -0.3 is 10.6 Å². The van der Waals surface area contributed by atoms with Crippen LogP contribution in [-0.4, -0.2) is 16.0 Å². The molecule has 0 saturated heterocycles. The van der Waals surface area contributed by atoms with E-state index in [0.717, 1.165) is 23.6 Å². The van der Waals surface area contributed by atoms with Crippen molar-refractivity contribution in [1.82, 2.24) is 9.97 Å². The first-order chi connectivity index (χ1) is 9.58. The van der Waals surface area contributed by atoms with Crippen LogP contribution in [-0.2, 0) is 6.42 Å². The van der Waals surface area contributed by atoms with Crippen LogP contribution >= 0.6 is 0 Å². The SMILES string of the molecule is CCc1ccccc1Nc1cc(C)nc(NC(C)C)n1. The minimum absolute atomic E-state index is 0.313. The number of hydrogen-bond acceptors (Lipinski definition) is 4. The third-order valence-corrected chi connectivity index (χ3v) is 2.93. The van der Waals surface area contributed by atoms with Gasteiger partial charge in [-0.3, -0.25) is 0 Å². The zero-order valence-electron chi connectivity index (χ0n) is 12.6. The molecule has 2 rings (SSSR count). The van der Waals surface area contributed by atoms with Crippen LogP contribution in [0.3, 0.4) is 0 Å². The van der Waals surface area contributed by atoms with Gasteiger partial charge in [0, 0.05) is 23.5 Å². The van der Waals surface area contributed by atoms with Gasteiger partial charge in [-0.15, -0.1) is 0 Å². The molecule has 0 amide bonds. The van der Waals surface area contributed by atoms with Gasteiger partial charge in [-0.05, 0) is 38.8 Å². The van der Waals surface area contributed by atoms with Crippen LogP contribution in [0.1, 0.15) is 32.0 Å². The van der Waals surface area contributed by atoms with Crippen LogP contribution in [0, 0.1) is 6.92 Å². The molecule has 0 bridgehead atoms. The fourth-order valence-electron chi connectivity index (χ4n) is 2.04. The molecule has 1 heterocycles. The Morgan fingerprint density at radius 2 is 1.90 bits per heavy atom. The van der Waals surface area contributed by atoms with E-state index in [1.807, 2.05) is 19.1 Å². The molecule has 1 aromatic carbocycles. The molecule has 106 valence electrons. The van der Waals surface area contributed by atoms with E-state index < -0.39 is 0 Å². The van der Waals surface area contributed by atoms with Gasteiger partial charge in [0.15, 0.2) is 0 Å². The summed E-state index contributed by atoms with van der Waals surface area (Å²) in [5, 5.41) is 6.62. The number of anilines is 3. The Hall–Kier alpha value is -2.10. The summed E-state index contributed by atoms with van der Waals surface area (Å²) in [6.45, 7) is 8.28. The summed E-state index contributed by atoms with van der Waals surface area (Å²) in [5.41, 5.74) is 3.32. The Kier molecular flexibility index (Phi) is 4.56. The van der Waals surface area contributed by atoms with Crippen molar-refractivity contribution in [2.45, 2.75) is 40.2 Å². The molecular weight excluding hydrogens is 248 g/mol. The number of para-hydroxylation sites is 1. The number of aryl methyl sites for hydroxylation is 2. The molecule has 20 heavy (non-hydrogen) atoms. The summed E-state index contributed by atoms with van der Waals surface area (Å²) in [4.78, 5) is 8.91. The molecule has 0 spiro atoms.